The second kappa shape index (κ2) is 22.3. The first-order chi connectivity index (χ1) is 44.5. The van der Waals surface area contributed by atoms with Crippen molar-refractivity contribution in [3.63, 3.8) is 0 Å². The van der Waals surface area contributed by atoms with Crippen molar-refractivity contribution in [3.05, 3.63) is 321 Å². The van der Waals surface area contributed by atoms with Crippen molar-refractivity contribution in [2.45, 2.75) is 0 Å². The van der Waals surface area contributed by atoms with Gasteiger partial charge in [0.05, 0.1) is 62.8 Å². The Labute approximate surface area is 519 Å². The lowest BCUT2D eigenvalue weighted by Crippen LogP contribution is -2.05. The standard InChI is InChI=1S/C82H50N8/c1-84-67-24-14-23-57(41-67)66-46-81(89-77-37-29-58(62-25-33-73(85-49-62)53-15-6-2-7-16-53)42-68(77)69-43-59(30-38-78(69)89)63-26-34-74(86-50-63)54-17-8-3-9-18-54)72(48-83)82(47-66)90-79-39-31-60(64-27-35-75(87-51-64)55-19-10-4-11-20-55)44-70(79)71-45-61(32-40-80(71)90)65-28-36-76(88-52-65)56-21-12-5-13-22-56/h2-47,49-52H. The highest BCUT2D eigenvalue weighted by atomic mass is 15.0. The molecule has 0 aliphatic heterocycles. The van der Waals surface area contributed by atoms with Gasteiger partial charge in [-0.3, -0.25) is 19.9 Å². The van der Waals surface area contributed by atoms with Gasteiger partial charge in [-0.2, -0.15) is 5.26 Å². The van der Waals surface area contributed by atoms with E-state index in [1.807, 2.05) is 122 Å². The van der Waals surface area contributed by atoms with Gasteiger partial charge in [0.1, 0.15) is 11.6 Å². The highest BCUT2D eigenvalue weighted by Gasteiger charge is 2.25. The van der Waals surface area contributed by atoms with Crippen LogP contribution in [0.25, 0.3) is 160 Å². The molecule has 0 fully saturated rings. The van der Waals surface area contributed by atoms with E-state index in [-0.39, 0.29) is 0 Å². The molecule has 0 aliphatic rings. The second-order valence-corrected chi connectivity index (χ2v) is 22.5. The third-order valence-corrected chi connectivity index (χ3v) is 17.2. The molecule has 8 heteroatoms. The highest BCUT2D eigenvalue weighted by molar-refractivity contribution is 6.14. The Hall–Kier alpha value is -12.6. The number of pyridine rings is 4. The van der Waals surface area contributed by atoms with Crippen molar-refractivity contribution in [3.8, 4) is 118 Å². The smallest absolute Gasteiger partial charge is 0.187 e. The quantitative estimate of drug-likeness (QED) is 0.120. The molecule has 0 aliphatic carbocycles. The maximum Gasteiger partial charge on any atom is 0.187 e. The summed E-state index contributed by atoms with van der Waals surface area (Å²) in [6, 6.07) is 98.8. The van der Waals surface area contributed by atoms with Gasteiger partial charge in [0.15, 0.2) is 5.69 Å². The zero-order valence-corrected chi connectivity index (χ0v) is 48.4. The first kappa shape index (κ1) is 52.9. The van der Waals surface area contributed by atoms with Gasteiger partial charge in [-0.1, -0.05) is 188 Å². The maximum atomic E-state index is 12.1. The summed E-state index contributed by atoms with van der Waals surface area (Å²) in [5.74, 6) is 0. The molecule has 0 N–H and O–H groups in total. The Bertz CT molecular complexity index is 4900. The summed E-state index contributed by atoms with van der Waals surface area (Å²) >= 11 is 0. The molecule has 0 saturated heterocycles. The summed E-state index contributed by atoms with van der Waals surface area (Å²) in [5.41, 5.74) is 23.5. The molecule has 8 nitrogen and oxygen atoms in total. The van der Waals surface area contributed by atoms with Crippen LogP contribution in [-0.4, -0.2) is 29.1 Å². The molecule has 0 saturated carbocycles. The fourth-order valence-corrected chi connectivity index (χ4v) is 12.7. The Morgan fingerprint density at radius 1 is 0.278 bits per heavy atom. The van der Waals surface area contributed by atoms with Gasteiger partial charge < -0.3 is 9.13 Å². The molecule has 0 spiro atoms. The fourth-order valence-electron chi connectivity index (χ4n) is 12.7. The van der Waals surface area contributed by atoms with Crippen LogP contribution < -0.4 is 0 Å². The molecule has 16 rings (SSSR count). The maximum absolute atomic E-state index is 12.1. The Morgan fingerprint density at radius 2 is 0.567 bits per heavy atom. The Morgan fingerprint density at radius 3 is 0.844 bits per heavy atom. The zero-order chi connectivity index (χ0) is 60.1. The SMILES string of the molecule is [C-]#[N+]c1cccc(-c2cc(-n3c4ccc(-c5ccc(-c6ccccc6)nc5)cc4c4cc(-c5ccc(-c6ccccc6)nc5)ccc43)c(C#N)c(-n3c4ccc(-c5ccc(-c6ccccc6)nc5)cc4c4cc(-c5ccc(-c6ccccc6)nc5)ccc43)c2)c1. The lowest BCUT2D eigenvalue weighted by Gasteiger charge is -2.19. The molecular formula is C82H50N8. The Balaban J connectivity index is 0.921. The average molecular weight is 1150 g/mol. The van der Waals surface area contributed by atoms with E-state index in [4.69, 9.17) is 26.5 Å². The van der Waals surface area contributed by atoms with Gasteiger partial charge in [0.25, 0.3) is 0 Å². The number of fused-ring (bicyclic) bond motifs is 6. The molecule has 6 heterocycles. The average Bonchev–Trinajstić information content (AvgIpc) is 1.66. The molecule has 0 atom stereocenters. The minimum absolute atomic E-state index is 0.474. The van der Waals surface area contributed by atoms with Gasteiger partial charge in [-0.25, -0.2) is 4.85 Å². The third kappa shape index (κ3) is 9.51. The minimum atomic E-state index is 0.474. The van der Waals surface area contributed by atoms with E-state index in [1.165, 1.54) is 0 Å². The fraction of sp³-hybridized carbons (Fsp3) is 0. The normalized spacial score (nSPS) is 11.3. The zero-order valence-electron chi connectivity index (χ0n) is 48.4. The molecular weight excluding hydrogens is 1100 g/mol. The largest absolute Gasteiger partial charge is 0.308 e. The van der Waals surface area contributed by atoms with Gasteiger partial charge in [0, 0.05) is 90.8 Å². The molecule has 0 amide bonds. The predicted molar refractivity (Wildman–Crippen MR) is 366 cm³/mol. The molecule has 0 unspecified atom stereocenters. The summed E-state index contributed by atoms with van der Waals surface area (Å²) in [6.45, 7) is 8.12. The van der Waals surface area contributed by atoms with Crippen LogP contribution in [0.5, 0.6) is 0 Å². The van der Waals surface area contributed by atoms with Crippen LogP contribution >= 0.6 is 0 Å². The minimum Gasteiger partial charge on any atom is -0.308 e. The number of aromatic nitrogens is 6. The van der Waals surface area contributed by atoms with Gasteiger partial charge in [0.2, 0.25) is 0 Å². The molecule has 10 aromatic carbocycles. The number of nitrogens with zero attached hydrogens (tertiary/aromatic N) is 8. The van der Waals surface area contributed by atoms with E-state index in [0.717, 1.165) is 144 Å². The predicted octanol–water partition coefficient (Wildman–Crippen LogP) is 20.9. The van der Waals surface area contributed by atoms with E-state index in [2.05, 4.69) is 202 Å². The monoisotopic (exact) mass is 1150 g/mol. The summed E-state index contributed by atoms with van der Waals surface area (Å²) in [7, 11) is 0. The highest BCUT2D eigenvalue weighted by Crippen LogP contribution is 2.44. The van der Waals surface area contributed by atoms with Crippen LogP contribution in [0.4, 0.5) is 5.69 Å². The van der Waals surface area contributed by atoms with Gasteiger partial charge >= 0.3 is 0 Å². The van der Waals surface area contributed by atoms with Crippen LogP contribution in [0.3, 0.4) is 0 Å². The van der Waals surface area contributed by atoms with Crippen molar-refractivity contribution in [1.82, 2.24) is 29.1 Å². The number of rotatable bonds is 11. The van der Waals surface area contributed by atoms with Crippen molar-refractivity contribution in [2.75, 3.05) is 0 Å². The van der Waals surface area contributed by atoms with E-state index in [1.54, 1.807) is 0 Å². The molecule has 418 valence electrons. The lowest BCUT2D eigenvalue weighted by atomic mass is 9.99. The number of benzene rings is 10. The van der Waals surface area contributed by atoms with Crippen LogP contribution in [-0.2, 0) is 0 Å². The molecule has 90 heavy (non-hydrogen) atoms. The molecule has 16 aromatic rings. The lowest BCUT2D eigenvalue weighted by molar-refractivity contribution is 1.12. The summed E-state index contributed by atoms with van der Waals surface area (Å²) < 4.78 is 4.50. The number of hydrogen-bond donors (Lipinski definition) is 0. The summed E-state index contributed by atoms with van der Waals surface area (Å²) in [4.78, 5) is 23.7. The van der Waals surface area contributed by atoms with Crippen molar-refractivity contribution < 1.29 is 0 Å². The van der Waals surface area contributed by atoms with E-state index < -0.39 is 0 Å². The van der Waals surface area contributed by atoms with Crippen LogP contribution in [0.15, 0.2) is 304 Å². The molecule has 6 aromatic heterocycles. The van der Waals surface area contributed by atoms with E-state index in [0.29, 0.717) is 22.6 Å². The van der Waals surface area contributed by atoms with Crippen molar-refractivity contribution in [2.24, 2.45) is 0 Å². The first-order valence-electron chi connectivity index (χ1n) is 29.8. The van der Waals surface area contributed by atoms with Gasteiger partial charge in [-0.15, -0.1) is 0 Å². The van der Waals surface area contributed by atoms with Crippen LogP contribution in [0.2, 0.25) is 0 Å². The summed E-state index contributed by atoms with van der Waals surface area (Å²) in [6.07, 6.45) is 7.79. The van der Waals surface area contributed by atoms with Crippen molar-refractivity contribution >= 4 is 49.3 Å². The topological polar surface area (TPSA) is 89.6 Å². The molecule has 0 bridgehead atoms. The number of nitriles is 1. The van der Waals surface area contributed by atoms with Crippen LogP contribution in [0.1, 0.15) is 5.56 Å². The van der Waals surface area contributed by atoms with Gasteiger partial charge in [-0.05, 0) is 124 Å². The number of hydrogen-bond acceptors (Lipinski definition) is 5. The third-order valence-electron chi connectivity index (χ3n) is 17.2. The van der Waals surface area contributed by atoms with E-state index in [9.17, 15) is 5.26 Å². The molecule has 0 radical (unpaired) electrons. The summed E-state index contributed by atoms with van der Waals surface area (Å²) in [5, 5.41) is 16.1. The second-order valence-electron chi connectivity index (χ2n) is 22.5. The Kier molecular flexibility index (Phi) is 13.1. The first-order valence-corrected chi connectivity index (χ1v) is 29.8. The van der Waals surface area contributed by atoms with Crippen LogP contribution in [0, 0.1) is 17.9 Å². The van der Waals surface area contributed by atoms with Crippen molar-refractivity contribution in [1.29, 1.82) is 5.26 Å². The van der Waals surface area contributed by atoms with E-state index >= 15 is 0 Å².